The van der Waals surface area contributed by atoms with Crippen molar-refractivity contribution >= 4 is 33.7 Å². The van der Waals surface area contributed by atoms with E-state index in [9.17, 15) is 13.2 Å². The first-order valence-electron chi connectivity index (χ1n) is 8.43. The summed E-state index contributed by atoms with van der Waals surface area (Å²) in [4.78, 5) is 12.1. The van der Waals surface area contributed by atoms with Gasteiger partial charge in [-0.1, -0.05) is 30.3 Å². The van der Waals surface area contributed by atoms with E-state index < -0.39 is 12.0 Å². The maximum Gasteiger partial charge on any atom is 0.451 e. The molecule has 5 nitrogen and oxygen atoms in total. The lowest BCUT2D eigenvalue weighted by atomic mass is 10.2. The summed E-state index contributed by atoms with van der Waals surface area (Å²) in [7, 11) is 1.60. The Morgan fingerprint density at radius 2 is 1.68 bits per heavy atom. The molecule has 28 heavy (non-hydrogen) atoms. The fourth-order valence-electron chi connectivity index (χ4n) is 2.87. The lowest BCUT2D eigenvalue weighted by Gasteiger charge is -2.11. The van der Waals surface area contributed by atoms with E-state index in [4.69, 9.17) is 4.74 Å². The van der Waals surface area contributed by atoms with E-state index in [1.54, 1.807) is 31.4 Å². The number of ether oxygens (including phenoxy) is 1. The highest BCUT2D eigenvalue weighted by Crippen LogP contribution is 2.36. The van der Waals surface area contributed by atoms with Crippen LogP contribution in [0.15, 0.2) is 58.7 Å². The minimum atomic E-state index is -4.63. The van der Waals surface area contributed by atoms with Crippen molar-refractivity contribution in [2.75, 3.05) is 13.7 Å². The van der Waals surface area contributed by atoms with Gasteiger partial charge in [-0.2, -0.15) is 13.2 Å². The number of nitrogens with zero attached hydrogens (tertiary/aromatic N) is 4. The Balaban J connectivity index is 1.86. The molecule has 0 aliphatic heterocycles. The van der Waals surface area contributed by atoms with Gasteiger partial charge in [0.2, 0.25) is 5.82 Å². The van der Waals surface area contributed by atoms with Gasteiger partial charge in [0.15, 0.2) is 5.16 Å². The van der Waals surface area contributed by atoms with Gasteiger partial charge in [0.05, 0.1) is 23.2 Å². The molecule has 0 atom stereocenters. The number of rotatable bonds is 5. The summed E-state index contributed by atoms with van der Waals surface area (Å²) in [5.41, 5.74) is 1.89. The number of para-hydroxylation sites is 3. The Hall–Kier alpha value is -2.65. The first-order chi connectivity index (χ1) is 13.5. The molecule has 0 aliphatic rings. The van der Waals surface area contributed by atoms with Gasteiger partial charge in [0.1, 0.15) is 5.03 Å². The summed E-state index contributed by atoms with van der Waals surface area (Å²) < 4.78 is 46.9. The molecule has 2 heterocycles. The zero-order chi connectivity index (χ0) is 19.7. The molecular weight excluding hydrogens is 389 g/mol. The molecule has 0 aliphatic carbocycles. The summed E-state index contributed by atoms with van der Waals surface area (Å²) in [5, 5.41) is 1.31. The van der Waals surface area contributed by atoms with E-state index in [1.165, 1.54) is 0 Å². The molecule has 9 heteroatoms. The van der Waals surface area contributed by atoms with Gasteiger partial charge in [0.25, 0.3) is 0 Å². The zero-order valence-corrected chi connectivity index (χ0v) is 15.6. The van der Waals surface area contributed by atoms with Crippen LogP contribution in [0.25, 0.3) is 21.9 Å². The average Bonchev–Trinajstić information content (AvgIpc) is 3.02. The number of hydrogen-bond acceptors (Lipinski definition) is 5. The van der Waals surface area contributed by atoms with Gasteiger partial charge < -0.3 is 9.30 Å². The molecular formula is C19H15F3N4OS. The van der Waals surface area contributed by atoms with Crippen molar-refractivity contribution in [1.29, 1.82) is 0 Å². The first-order valence-corrected chi connectivity index (χ1v) is 9.25. The van der Waals surface area contributed by atoms with Crippen molar-refractivity contribution in [2.45, 2.75) is 22.9 Å². The topological polar surface area (TPSA) is 52.8 Å². The van der Waals surface area contributed by atoms with Crippen LogP contribution in [0.2, 0.25) is 0 Å². The molecule has 0 fully saturated rings. The summed E-state index contributed by atoms with van der Waals surface area (Å²) in [5.74, 6) is -1.16. The van der Waals surface area contributed by atoms with Crippen molar-refractivity contribution in [3.8, 4) is 0 Å². The molecule has 4 aromatic rings. The SMILES string of the molecule is COCCn1c(Sc2nc(C(F)(F)F)nc3ccccc23)nc2ccccc21. The monoisotopic (exact) mass is 404 g/mol. The second-order valence-electron chi connectivity index (χ2n) is 6.00. The molecule has 2 aromatic carbocycles. The van der Waals surface area contributed by atoms with Crippen LogP contribution in [-0.4, -0.2) is 33.2 Å². The third-order valence-electron chi connectivity index (χ3n) is 4.15. The van der Waals surface area contributed by atoms with Crippen LogP contribution in [0.3, 0.4) is 0 Å². The van der Waals surface area contributed by atoms with Crippen LogP contribution >= 0.6 is 11.8 Å². The van der Waals surface area contributed by atoms with E-state index in [1.807, 2.05) is 28.8 Å². The number of methoxy groups -OCH3 is 1. The molecule has 0 saturated heterocycles. The molecule has 0 bridgehead atoms. The Labute approximate surface area is 162 Å². The second kappa shape index (κ2) is 7.40. The summed E-state index contributed by atoms with van der Waals surface area (Å²) in [6.45, 7) is 0.973. The normalized spacial score (nSPS) is 12.1. The summed E-state index contributed by atoms with van der Waals surface area (Å²) in [6, 6.07) is 14.2. The van der Waals surface area contributed by atoms with Crippen LogP contribution in [0.1, 0.15) is 5.82 Å². The molecule has 0 radical (unpaired) electrons. The predicted molar refractivity (Wildman–Crippen MR) is 100 cm³/mol. The zero-order valence-electron chi connectivity index (χ0n) is 14.8. The smallest absolute Gasteiger partial charge is 0.383 e. The van der Waals surface area contributed by atoms with Gasteiger partial charge in [0, 0.05) is 19.0 Å². The van der Waals surface area contributed by atoms with Gasteiger partial charge in [-0.15, -0.1) is 0 Å². The lowest BCUT2D eigenvalue weighted by molar-refractivity contribution is -0.145. The molecule has 144 valence electrons. The van der Waals surface area contributed by atoms with E-state index in [2.05, 4.69) is 15.0 Å². The van der Waals surface area contributed by atoms with Crippen LogP contribution in [0.4, 0.5) is 13.2 Å². The summed E-state index contributed by atoms with van der Waals surface area (Å²) >= 11 is 1.10. The molecule has 0 amide bonds. The molecule has 0 unspecified atom stereocenters. The van der Waals surface area contributed by atoms with Crippen molar-refractivity contribution < 1.29 is 17.9 Å². The average molecular weight is 404 g/mol. The first kappa shape index (κ1) is 18.7. The number of alkyl halides is 3. The standard InChI is InChI=1S/C19H15F3N4OS/c1-27-11-10-26-15-9-5-4-8-14(15)24-18(26)28-16-12-6-2-3-7-13(12)23-17(25-16)19(20,21)22/h2-9H,10-11H2,1H3. The second-order valence-corrected chi connectivity index (χ2v) is 6.95. The number of halogens is 3. The van der Waals surface area contributed by atoms with Crippen molar-refractivity contribution in [2.24, 2.45) is 0 Å². The van der Waals surface area contributed by atoms with Crippen molar-refractivity contribution in [3.63, 3.8) is 0 Å². The van der Waals surface area contributed by atoms with Gasteiger partial charge in [-0.3, -0.25) is 0 Å². The number of hydrogen-bond donors (Lipinski definition) is 0. The third kappa shape index (κ3) is 3.55. The molecule has 0 saturated carbocycles. The molecule has 0 N–H and O–H groups in total. The largest absolute Gasteiger partial charge is 0.451 e. The minimum Gasteiger partial charge on any atom is -0.383 e. The Kier molecular flexibility index (Phi) is 4.94. The summed E-state index contributed by atoms with van der Waals surface area (Å²) in [6.07, 6.45) is -4.63. The van der Waals surface area contributed by atoms with Crippen LogP contribution in [-0.2, 0) is 17.5 Å². The van der Waals surface area contributed by atoms with Crippen LogP contribution in [0, 0.1) is 0 Å². The van der Waals surface area contributed by atoms with Gasteiger partial charge >= 0.3 is 6.18 Å². The highest BCUT2D eigenvalue weighted by atomic mass is 32.2. The minimum absolute atomic E-state index is 0.215. The van der Waals surface area contributed by atoms with E-state index >= 15 is 0 Å². The fourth-order valence-corrected chi connectivity index (χ4v) is 3.90. The van der Waals surface area contributed by atoms with Crippen molar-refractivity contribution in [1.82, 2.24) is 19.5 Å². The van der Waals surface area contributed by atoms with Gasteiger partial charge in [-0.05, 0) is 30.0 Å². The Bertz CT molecular complexity index is 1140. The highest BCUT2D eigenvalue weighted by Gasteiger charge is 2.35. The van der Waals surface area contributed by atoms with Crippen LogP contribution < -0.4 is 0 Å². The number of fused-ring (bicyclic) bond motifs is 2. The maximum atomic E-state index is 13.3. The van der Waals surface area contributed by atoms with E-state index in [-0.39, 0.29) is 10.5 Å². The number of imidazole rings is 1. The maximum absolute atomic E-state index is 13.3. The van der Waals surface area contributed by atoms with E-state index in [0.29, 0.717) is 23.7 Å². The highest BCUT2D eigenvalue weighted by molar-refractivity contribution is 7.99. The molecule has 4 rings (SSSR count). The fraction of sp³-hybridized carbons (Fsp3) is 0.211. The molecule has 0 spiro atoms. The third-order valence-corrected chi connectivity index (χ3v) is 5.15. The Morgan fingerprint density at radius 1 is 0.964 bits per heavy atom. The van der Waals surface area contributed by atoms with Crippen LogP contribution in [0.5, 0.6) is 0 Å². The van der Waals surface area contributed by atoms with Crippen molar-refractivity contribution in [3.05, 3.63) is 54.4 Å². The quantitative estimate of drug-likeness (QED) is 0.448. The number of aromatic nitrogens is 4. The predicted octanol–water partition coefficient (Wildman–Crippen LogP) is 4.80. The number of benzene rings is 2. The van der Waals surface area contributed by atoms with E-state index in [0.717, 1.165) is 22.8 Å². The van der Waals surface area contributed by atoms with Gasteiger partial charge in [-0.25, -0.2) is 15.0 Å². The molecule has 2 aromatic heterocycles. The lowest BCUT2D eigenvalue weighted by Crippen LogP contribution is -2.12. The Morgan fingerprint density at radius 3 is 2.43 bits per heavy atom.